The molecule has 1 heterocycles. The number of hydrogen-bond donors (Lipinski definition) is 0. The topological polar surface area (TPSA) is 49.7 Å². The Labute approximate surface area is 107 Å². The van der Waals surface area contributed by atoms with Crippen molar-refractivity contribution in [3.05, 3.63) is 40.8 Å². The predicted molar refractivity (Wildman–Crippen MR) is 70.0 cm³/mol. The van der Waals surface area contributed by atoms with E-state index in [9.17, 15) is 9.70 Å². The van der Waals surface area contributed by atoms with Crippen LogP contribution in [0.2, 0.25) is 0 Å². The van der Waals surface area contributed by atoms with E-state index in [-0.39, 0.29) is 23.5 Å². The molecule has 96 valence electrons. The first-order valence-electron chi connectivity index (χ1n) is 6.31. The Kier molecular flexibility index (Phi) is 3.75. The van der Waals surface area contributed by atoms with Crippen molar-refractivity contribution in [3.63, 3.8) is 0 Å². The van der Waals surface area contributed by atoms with Gasteiger partial charge in [-0.2, -0.15) is 0 Å². The van der Waals surface area contributed by atoms with Gasteiger partial charge in [-0.25, -0.2) is 0 Å². The largest absolute Gasteiger partial charge is 0.294 e. The number of rotatable bonds is 3. The maximum absolute atomic E-state index is 12.5. The molecule has 1 aromatic carbocycles. The Bertz CT molecular complexity index is 421. The average Bonchev–Trinajstić information content (AvgIpc) is 2.38. The van der Waals surface area contributed by atoms with Crippen LogP contribution in [0, 0.1) is 22.7 Å². The fraction of sp³-hybridized carbons (Fsp3) is 0.500. The molecular weight excluding hydrogens is 228 g/mol. The van der Waals surface area contributed by atoms with E-state index in [0.29, 0.717) is 13.1 Å². The maximum atomic E-state index is 12.5. The van der Waals surface area contributed by atoms with Crippen LogP contribution in [0.1, 0.15) is 24.2 Å². The summed E-state index contributed by atoms with van der Waals surface area (Å²) in [6, 6.07) is 9.37. The molecule has 1 aliphatic rings. The monoisotopic (exact) mass is 246 g/mol. The number of carbonyl (C=O) groups excluding carboxylic acids is 1. The molecule has 0 aliphatic carbocycles. The van der Waals surface area contributed by atoms with Crippen molar-refractivity contribution in [1.29, 1.82) is 0 Å². The number of carbonyl (C=O) groups is 1. The van der Waals surface area contributed by atoms with Crippen molar-refractivity contribution < 1.29 is 4.79 Å². The molecule has 0 amide bonds. The van der Waals surface area contributed by atoms with E-state index in [4.69, 9.17) is 0 Å². The van der Waals surface area contributed by atoms with Gasteiger partial charge in [-0.05, 0) is 11.8 Å². The summed E-state index contributed by atoms with van der Waals surface area (Å²) in [5.41, 5.74) is 0.758. The molecule has 18 heavy (non-hydrogen) atoms. The highest BCUT2D eigenvalue weighted by Gasteiger charge is 2.37. The lowest BCUT2D eigenvalue weighted by Crippen LogP contribution is -2.44. The van der Waals surface area contributed by atoms with E-state index in [1.54, 1.807) is 0 Å². The van der Waals surface area contributed by atoms with Crippen LogP contribution in [-0.4, -0.2) is 23.9 Å². The summed E-state index contributed by atoms with van der Waals surface area (Å²) in [6.45, 7) is 5.16. The number of nitrogens with zero attached hydrogens (tertiary/aromatic N) is 2. The SMILES string of the molecule is CC1CN(N=O)CC(C)C1C(=O)c1ccccc1. The molecule has 1 saturated heterocycles. The third-order valence-corrected chi connectivity index (χ3v) is 3.70. The third kappa shape index (κ3) is 2.42. The summed E-state index contributed by atoms with van der Waals surface area (Å²) in [7, 11) is 0. The van der Waals surface area contributed by atoms with E-state index in [1.165, 1.54) is 5.01 Å². The van der Waals surface area contributed by atoms with E-state index in [2.05, 4.69) is 5.29 Å². The molecule has 0 spiro atoms. The highest BCUT2D eigenvalue weighted by Crippen LogP contribution is 2.31. The Morgan fingerprint density at radius 2 is 1.72 bits per heavy atom. The van der Waals surface area contributed by atoms with Gasteiger partial charge in [-0.3, -0.25) is 9.80 Å². The van der Waals surface area contributed by atoms with Gasteiger partial charge in [0.25, 0.3) is 0 Å². The number of benzene rings is 1. The molecule has 1 aliphatic heterocycles. The lowest BCUT2D eigenvalue weighted by atomic mass is 9.75. The van der Waals surface area contributed by atoms with Crippen LogP contribution in [0.25, 0.3) is 0 Å². The Morgan fingerprint density at radius 3 is 2.22 bits per heavy atom. The van der Waals surface area contributed by atoms with E-state index in [1.807, 2.05) is 44.2 Å². The quantitative estimate of drug-likeness (QED) is 0.608. The molecule has 1 aromatic rings. The molecular formula is C14H18N2O2. The van der Waals surface area contributed by atoms with Crippen LogP contribution in [-0.2, 0) is 0 Å². The fourth-order valence-electron chi connectivity index (χ4n) is 2.91. The molecule has 2 atom stereocenters. The molecule has 0 aromatic heterocycles. The minimum absolute atomic E-state index is 0.0228. The molecule has 4 heteroatoms. The average molecular weight is 246 g/mol. The second-order valence-corrected chi connectivity index (χ2v) is 5.16. The zero-order chi connectivity index (χ0) is 13.1. The van der Waals surface area contributed by atoms with Crippen LogP contribution in [0.3, 0.4) is 0 Å². The molecule has 0 N–H and O–H groups in total. The first-order valence-corrected chi connectivity index (χ1v) is 6.31. The van der Waals surface area contributed by atoms with E-state index >= 15 is 0 Å². The molecule has 2 unspecified atom stereocenters. The first-order chi connectivity index (χ1) is 8.63. The molecule has 1 fully saturated rings. The van der Waals surface area contributed by atoms with Gasteiger partial charge in [0.15, 0.2) is 5.78 Å². The molecule has 0 bridgehead atoms. The number of Topliss-reactive ketones (excluding diaryl/α,β-unsaturated/α-hetero) is 1. The Balaban J connectivity index is 2.18. The van der Waals surface area contributed by atoms with E-state index < -0.39 is 0 Å². The normalized spacial score (nSPS) is 27.9. The summed E-state index contributed by atoms with van der Waals surface area (Å²) in [5.74, 6) is 0.463. The van der Waals surface area contributed by atoms with Gasteiger partial charge in [0.05, 0.1) is 5.29 Å². The molecule has 0 radical (unpaired) electrons. The highest BCUT2D eigenvalue weighted by molar-refractivity contribution is 5.98. The Morgan fingerprint density at radius 1 is 1.17 bits per heavy atom. The van der Waals surface area contributed by atoms with Crippen molar-refractivity contribution in [2.24, 2.45) is 23.0 Å². The summed E-state index contributed by atoms with van der Waals surface area (Å²) < 4.78 is 0. The van der Waals surface area contributed by atoms with Gasteiger partial charge in [0.1, 0.15) is 0 Å². The fourth-order valence-corrected chi connectivity index (χ4v) is 2.91. The third-order valence-electron chi connectivity index (χ3n) is 3.70. The van der Waals surface area contributed by atoms with Crippen molar-refractivity contribution in [3.8, 4) is 0 Å². The summed E-state index contributed by atoms with van der Waals surface area (Å²) in [4.78, 5) is 23.1. The van der Waals surface area contributed by atoms with Crippen molar-refractivity contribution >= 4 is 5.78 Å². The second kappa shape index (κ2) is 5.29. The Hall–Kier alpha value is -1.71. The molecule has 2 rings (SSSR count). The standard InChI is InChI=1S/C14H18N2O2/c1-10-8-16(15-18)9-11(2)13(10)14(17)12-6-4-3-5-7-12/h3-7,10-11,13H,8-9H2,1-2H3. The van der Waals surface area contributed by atoms with E-state index in [0.717, 1.165) is 5.56 Å². The summed E-state index contributed by atoms with van der Waals surface area (Å²) >= 11 is 0. The van der Waals surface area contributed by atoms with Gasteiger partial charge in [-0.1, -0.05) is 44.2 Å². The molecule has 0 saturated carbocycles. The number of nitroso groups, excluding NO2 is 1. The van der Waals surface area contributed by atoms with Crippen LogP contribution in [0.4, 0.5) is 0 Å². The van der Waals surface area contributed by atoms with Crippen molar-refractivity contribution in [1.82, 2.24) is 5.01 Å². The zero-order valence-corrected chi connectivity index (χ0v) is 10.7. The highest BCUT2D eigenvalue weighted by atomic mass is 16.3. The van der Waals surface area contributed by atoms with Crippen molar-refractivity contribution in [2.75, 3.05) is 13.1 Å². The second-order valence-electron chi connectivity index (χ2n) is 5.16. The summed E-state index contributed by atoms with van der Waals surface area (Å²) in [6.07, 6.45) is 0. The van der Waals surface area contributed by atoms with Gasteiger partial charge in [0, 0.05) is 24.6 Å². The summed E-state index contributed by atoms with van der Waals surface area (Å²) in [5, 5.41) is 4.50. The molecule has 4 nitrogen and oxygen atoms in total. The van der Waals surface area contributed by atoms with Gasteiger partial charge < -0.3 is 0 Å². The number of ketones is 1. The predicted octanol–water partition coefficient (Wildman–Crippen LogP) is 2.75. The minimum atomic E-state index is -0.0228. The lowest BCUT2D eigenvalue weighted by molar-refractivity contribution is 0.0558. The smallest absolute Gasteiger partial charge is 0.166 e. The lowest BCUT2D eigenvalue weighted by Gasteiger charge is -2.37. The van der Waals surface area contributed by atoms with Crippen LogP contribution >= 0.6 is 0 Å². The number of piperidine rings is 1. The van der Waals surface area contributed by atoms with Crippen molar-refractivity contribution in [2.45, 2.75) is 13.8 Å². The maximum Gasteiger partial charge on any atom is 0.166 e. The van der Waals surface area contributed by atoms with Crippen LogP contribution in [0.5, 0.6) is 0 Å². The van der Waals surface area contributed by atoms with Crippen LogP contribution < -0.4 is 0 Å². The van der Waals surface area contributed by atoms with Crippen LogP contribution in [0.15, 0.2) is 35.6 Å². The zero-order valence-electron chi connectivity index (χ0n) is 10.7. The van der Waals surface area contributed by atoms with Gasteiger partial charge in [-0.15, -0.1) is 4.91 Å². The number of hydrogen-bond acceptors (Lipinski definition) is 3. The van der Waals surface area contributed by atoms with Gasteiger partial charge >= 0.3 is 0 Å². The minimum Gasteiger partial charge on any atom is -0.294 e. The van der Waals surface area contributed by atoms with Gasteiger partial charge in [0.2, 0.25) is 0 Å². The first kappa shape index (κ1) is 12.7.